The van der Waals surface area contributed by atoms with Crippen LogP contribution in [0.1, 0.15) is 29.8 Å². The number of amides is 1. The molecule has 0 saturated carbocycles. The van der Waals surface area contributed by atoms with Gasteiger partial charge in [-0.2, -0.15) is 0 Å². The number of benzene rings is 2. The van der Waals surface area contributed by atoms with Gasteiger partial charge in [-0.15, -0.1) is 0 Å². The number of carbonyl (C=O) groups excluding carboxylic acids is 1. The zero-order valence-corrected chi connectivity index (χ0v) is 13.8. The van der Waals surface area contributed by atoms with Gasteiger partial charge in [-0.05, 0) is 43.7 Å². The standard InChI is InChI=1S/C19H23NO3/c1-19(2,22)14-20(3)18(21)16-9-11-17(12-10-16)23-13-15-7-5-4-6-8-15/h4-12,22H,13-14H2,1-3H3. The third kappa shape index (κ3) is 5.42. The Kier molecular flexibility index (Phi) is 5.40. The topological polar surface area (TPSA) is 49.8 Å². The number of nitrogens with zero attached hydrogens (tertiary/aromatic N) is 1. The molecule has 0 aliphatic heterocycles. The van der Waals surface area contributed by atoms with Gasteiger partial charge in [-0.1, -0.05) is 30.3 Å². The maximum atomic E-state index is 12.3. The van der Waals surface area contributed by atoms with Gasteiger partial charge in [0.15, 0.2) is 0 Å². The fourth-order valence-electron chi connectivity index (χ4n) is 2.31. The summed E-state index contributed by atoms with van der Waals surface area (Å²) in [5, 5.41) is 9.79. The Balaban J connectivity index is 1.95. The Morgan fingerprint density at radius 2 is 1.70 bits per heavy atom. The molecule has 0 unspecified atom stereocenters. The Morgan fingerprint density at radius 1 is 1.09 bits per heavy atom. The normalized spacial score (nSPS) is 11.1. The van der Waals surface area contributed by atoms with Gasteiger partial charge in [-0.3, -0.25) is 4.79 Å². The van der Waals surface area contributed by atoms with Crippen LogP contribution in [-0.2, 0) is 6.61 Å². The maximum Gasteiger partial charge on any atom is 0.253 e. The van der Waals surface area contributed by atoms with Gasteiger partial charge in [0.05, 0.1) is 5.60 Å². The fraction of sp³-hybridized carbons (Fsp3) is 0.316. The van der Waals surface area contributed by atoms with Crippen molar-refractivity contribution in [3.63, 3.8) is 0 Å². The first-order valence-corrected chi connectivity index (χ1v) is 7.60. The quantitative estimate of drug-likeness (QED) is 0.891. The lowest BCUT2D eigenvalue weighted by Crippen LogP contribution is -2.39. The minimum Gasteiger partial charge on any atom is -0.489 e. The Hall–Kier alpha value is -2.33. The van der Waals surface area contributed by atoms with Crippen molar-refractivity contribution in [1.29, 1.82) is 0 Å². The number of ether oxygens (including phenoxy) is 1. The molecule has 2 rings (SSSR count). The van der Waals surface area contributed by atoms with E-state index in [9.17, 15) is 9.90 Å². The molecule has 0 bridgehead atoms. The molecule has 122 valence electrons. The molecule has 0 aliphatic carbocycles. The van der Waals surface area contributed by atoms with Crippen LogP contribution >= 0.6 is 0 Å². The number of carbonyl (C=O) groups is 1. The largest absolute Gasteiger partial charge is 0.489 e. The van der Waals surface area contributed by atoms with E-state index in [0.717, 1.165) is 11.3 Å². The zero-order chi connectivity index (χ0) is 16.9. The molecule has 0 aromatic heterocycles. The van der Waals surface area contributed by atoms with E-state index in [1.165, 1.54) is 4.90 Å². The van der Waals surface area contributed by atoms with Gasteiger partial charge in [0.25, 0.3) is 5.91 Å². The molecular weight excluding hydrogens is 290 g/mol. The van der Waals surface area contributed by atoms with Crippen LogP contribution in [0, 0.1) is 0 Å². The molecule has 0 atom stereocenters. The summed E-state index contributed by atoms with van der Waals surface area (Å²) in [4.78, 5) is 13.8. The van der Waals surface area contributed by atoms with Crippen LogP contribution < -0.4 is 4.74 Å². The van der Waals surface area contributed by atoms with Crippen molar-refractivity contribution in [2.45, 2.75) is 26.1 Å². The summed E-state index contributed by atoms with van der Waals surface area (Å²) in [6, 6.07) is 17.0. The van der Waals surface area contributed by atoms with E-state index >= 15 is 0 Å². The van der Waals surface area contributed by atoms with Crippen molar-refractivity contribution in [2.75, 3.05) is 13.6 Å². The first-order valence-electron chi connectivity index (χ1n) is 7.60. The predicted molar refractivity (Wildman–Crippen MR) is 90.5 cm³/mol. The monoisotopic (exact) mass is 313 g/mol. The minimum atomic E-state index is -0.914. The average Bonchev–Trinajstić information content (AvgIpc) is 2.52. The summed E-state index contributed by atoms with van der Waals surface area (Å²) < 4.78 is 5.70. The number of rotatable bonds is 6. The highest BCUT2D eigenvalue weighted by molar-refractivity contribution is 5.94. The predicted octanol–water partition coefficient (Wildman–Crippen LogP) is 3.11. The van der Waals surface area contributed by atoms with Gasteiger partial charge >= 0.3 is 0 Å². The van der Waals surface area contributed by atoms with Gasteiger partial charge in [0.2, 0.25) is 0 Å². The molecule has 4 nitrogen and oxygen atoms in total. The van der Waals surface area contributed by atoms with Gasteiger partial charge < -0.3 is 14.7 Å². The van der Waals surface area contributed by atoms with E-state index in [0.29, 0.717) is 12.2 Å². The molecule has 0 saturated heterocycles. The highest BCUT2D eigenvalue weighted by Gasteiger charge is 2.20. The highest BCUT2D eigenvalue weighted by Crippen LogP contribution is 2.16. The Bertz CT molecular complexity index is 630. The highest BCUT2D eigenvalue weighted by atomic mass is 16.5. The second-order valence-electron chi connectivity index (χ2n) is 6.27. The number of hydrogen-bond acceptors (Lipinski definition) is 3. The van der Waals surface area contributed by atoms with Crippen molar-refractivity contribution in [3.8, 4) is 5.75 Å². The van der Waals surface area contributed by atoms with E-state index in [1.807, 2.05) is 30.3 Å². The van der Waals surface area contributed by atoms with Crippen molar-refractivity contribution in [2.24, 2.45) is 0 Å². The molecule has 2 aromatic rings. The van der Waals surface area contributed by atoms with Crippen molar-refractivity contribution in [3.05, 3.63) is 65.7 Å². The van der Waals surface area contributed by atoms with Crippen LogP contribution in [0.4, 0.5) is 0 Å². The number of hydrogen-bond donors (Lipinski definition) is 1. The number of aliphatic hydroxyl groups is 1. The van der Waals surface area contributed by atoms with Crippen LogP contribution in [0.2, 0.25) is 0 Å². The second-order valence-corrected chi connectivity index (χ2v) is 6.27. The molecule has 0 spiro atoms. The molecule has 0 radical (unpaired) electrons. The molecule has 0 heterocycles. The molecule has 1 N–H and O–H groups in total. The summed E-state index contributed by atoms with van der Waals surface area (Å²) in [5.74, 6) is 0.595. The van der Waals surface area contributed by atoms with E-state index in [4.69, 9.17) is 4.74 Å². The lowest BCUT2D eigenvalue weighted by molar-refractivity contribution is 0.0368. The van der Waals surface area contributed by atoms with E-state index in [2.05, 4.69) is 0 Å². The van der Waals surface area contributed by atoms with E-state index in [1.54, 1.807) is 45.2 Å². The smallest absolute Gasteiger partial charge is 0.253 e. The second kappa shape index (κ2) is 7.29. The third-order valence-electron chi connectivity index (χ3n) is 3.32. The molecule has 23 heavy (non-hydrogen) atoms. The Morgan fingerprint density at radius 3 is 2.26 bits per heavy atom. The maximum absolute atomic E-state index is 12.3. The van der Waals surface area contributed by atoms with Crippen molar-refractivity contribution < 1.29 is 14.6 Å². The lowest BCUT2D eigenvalue weighted by Gasteiger charge is -2.25. The first-order chi connectivity index (χ1) is 10.8. The van der Waals surface area contributed by atoms with Crippen LogP contribution in [-0.4, -0.2) is 35.1 Å². The molecular formula is C19H23NO3. The minimum absolute atomic E-state index is 0.123. The van der Waals surface area contributed by atoms with Gasteiger partial charge in [0.1, 0.15) is 12.4 Å². The number of likely N-dealkylation sites (N-methyl/N-ethyl adjacent to an activating group) is 1. The van der Waals surface area contributed by atoms with E-state index < -0.39 is 5.60 Å². The third-order valence-corrected chi connectivity index (χ3v) is 3.32. The molecule has 4 heteroatoms. The molecule has 0 fully saturated rings. The average molecular weight is 313 g/mol. The zero-order valence-electron chi connectivity index (χ0n) is 13.8. The van der Waals surface area contributed by atoms with Crippen LogP contribution in [0.5, 0.6) is 5.75 Å². The fourth-order valence-corrected chi connectivity index (χ4v) is 2.31. The van der Waals surface area contributed by atoms with E-state index in [-0.39, 0.29) is 12.5 Å². The summed E-state index contributed by atoms with van der Waals surface area (Å²) >= 11 is 0. The summed E-state index contributed by atoms with van der Waals surface area (Å²) in [5.41, 5.74) is 0.754. The van der Waals surface area contributed by atoms with Gasteiger partial charge in [0, 0.05) is 19.2 Å². The molecule has 2 aromatic carbocycles. The summed E-state index contributed by atoms with van der Waals surface area (Å²) in [7, 11) is 1.68. The first kappa shape index (κ1) is 17.0. The van der Waals surface area contributed by atoms with Crippen LogP contribution in [0.3, 0.4) is 0 Å². The van der Waals surface area contributed by atoms with Crippen molar-refractivity contribution >= 4 is 5.91 Å². The van der Waals surface area contributed by atoms with Crippen molar-refractivity contribution in [1.82, 2.24) is 4.90 Å². The Labute approximate surface area is 137 Å². The van der Waals surface area contributed by atoms with Gasteiger partial charge in [-0.25, -0.2) is 0 Å². The lowest BCUT2D eigenvalue weighted by atomic mass is 10.1. The molecule has 1 amide bonds. The SMILES string of the molecule is CN(CC(C)(C)O)C(=O)c1ccc(OCc2ccccc2)cc1. The summed E-state index contributed by atoms with van der Waals surface area (Å²) in [6.45, 7) is 4.12. The van der Waals surface area contributed by atoms with Crippen LogP contribution in [0.25, 0.3) is 0 Å². The van der Waals surface area contributed by atoms with Crippen LogP contribution in [0.15, 0.2) is 54.6 Å². The summed E-state index contributed by atoms with van der Waals surface area (Å²) in [6.07, 6.45) is 0. The molecule has 0 aliphatic rings.